The maximum absolute atomic E-state index is 12.0. The van der Waals surface area contributed by atoms with E-state index in [-0.39, 0.29) is 29.3 Å². The van der Waals surface area contributed by atoms with Crippen LogP contribution < -0.4 is 0 Å². The molecule has 3 rings (SSSR count). The second-order valence-corrected chi connectivity index (χ2v) is 6.46. The van der Waals surface area contributed by atoms with Crippen LogP contribution in [-0.2, 0) is 9.53 Å². The zero-order valence-electron chi connectivity index (χ0n) is 15.0. The van der Waals surface area contributed by atoms with Gasteiger partial charge >= 0.3 is 5.97 Å². The number of carbonyl (C=O) groups excluding carboxylic acids is 2. The van der Waals surface area contributed by atoms with Gasteiger partial charge in [0.1, 0.15) is 11.1 Å². The summed E-state index contributed by atoms with van der Waals surface area (Å²) in [6.07, 6.45) is 0.738. The van der Waals surface area contributed by atoms with Crippen LogP contribution in [0.5, 0.6) is 0 Å². The first kappa shape index (κ1) is 18.9. The van der Waals surface area contributed by atoms with E-state index >= 15 is 0 Å². The molecule has 0 N–H and O–H groups in total. The molecule has 6 nitrogen and oxygen atoms in total. The monoisotopic (exact) mass is 383 g/mol. The molecule has 0 aliphatic carbocycles. The van der Waals surface area contributed by atoms with Gasteiger partial charge in [0.05, 0.1) is 6.61 Å². The van der Waals surface area contributed by atoms with E-state index in [2.05, 4.69) is 21.8 Å². The molecule has 0 radical (unpaired) electrons. The summed E-state index contributed by atoms with van der Waals surface area (Å²) in [5.41, 5.74) is 1.50. The summed E-state index contributed by atoms with van der Waals surface area (Å²) in [4.78, 5) is 34.0. The predicted octanol–water partition coefficient (Wildman–Crippen LogP) is 2.80. The third-order valence-electron chi connectivity index (χ3n) is 4.12. The summed E-state index contributed by atoms with van der Waals surface area (Å²) in [6.45, 7) is 2.69. The van der Waals surface area contributed by atoms with E-state index in [1.54, 1.807) is 31.0 Å². The lowest BCUT2D eigenvalue weighted by Gasteiger charge is -2.06. The van der Waals surface area contributed by atoms with E-state index in [1.165, 1.54) is 6.07 Å². The Morgan fingerprint density at radius 2 is 2.19 bits per heavy atom. The minimum Gasteiger partial charge on any atom is -0.461 e. The molecule has 1 fully saturated rings. The fourth-order valence-corrected chi connectivity index (χ4v) is 2.90. The van der Waals surface area contributed by atoms with Gasteiger partial charge in [-0.1, -0.05) is 35.6 Å². The maximum Gasteiger partial charge on any atom is 0.357 e. The molecular weight excluding hydrogens is 366 g/mol. The summed E-state index contributed by atoms with van der Waals surface area (Å²) in [6, 6.07) is 8.64. The molecule has 1 amide bonds. The number of benzene rings is 1. The molecule has 1 atom stereocenters. The van der Waals surface area contributed by atoms with Crippen LogP contribution in [0.1, 0.15) is 29.4 Å². The van der Waals surface area contributed by atoms with Gasteiger partial charge < -0.3 is 9.64 Å². The lowest BCUT2D eigenvalue weighted by molar-refractivity contribution is -0.128. The molecule has 1 aromatic heterocycles. The summed E-state index contributed by atoms with van der Waals surface area (Å²) in [7, 11) is 1.78. The van der Waals surface area contributed by atoms with E-state index in [0.29, 0.717) is 11.4 Å². The van der Waals surface area contributed by atoms with Crippen molar-refractivity contribution < 1.29 is 14.3 Å². The normalized spacial score (nSPS) is 16.0. The number of hydrogen-bond donors (Lipinski definition) is 0. The van der Waals surface area contributed by atoms with E-state index in [1.807, 2.05) is 12.1 Å². The molecule has 0 bridgehead atoms. The molecular formula is C20H18ClN3O3. The van der Waals surface area contributed by atoms with Crippen LogP contribution in [0.2, 0.25) is 5.15 Å². The third kappa shape index (κ3) is 4.44. The lowest BCUT2D eigenvalue weighted by atomic mass is 10.1. The Hall–Kier alpha value is -2.91. The molecule has 1 aliphatic rings. The highest BCUT2D eigenvalue weighted by atomic mass is 35.5. The largest absolute Gasteiger partial charge is 0.461 e. The quantitative estimate of drug-likeness (QED) is 0.463. The Morgan fingerprint density at radius 3 is 2.89 bits per heavy atom. The van der Waals surface area contributed by atoms with Crippen molar-refractivity contribution in [3.8, 4) is 23.2 Å². The van der Waals surface area contributed by atoms with E-state index < -0.39 is 5.97 Å². The first-order chi connectivity index (χ1) is 13.0. The molecule has 0 spiro atoms. The second kappa shape index (κ2) is 8.19. The Morgan fingerprint density at radius 1 is 1.37 bits per heavy atom. The Balaban J connectivity index is 1.88. The van der Waals surface area contributed by atoms with Crippen LogP contribution in [0.25, 0.3) is 11.4 Å². The summed E-state index contributed by atoms with van der Waals surface area (Å²) in [5.74, 6) is 5.62. The highest BCUT2D eigenvalue weighted by Gasteiger charge is 2.27. The van der Waals surface area contributed by atoms with Gasteiger partial charge in [0.2, 0.25) is 5.91 Å². The van der Waals surface area contributed by atoms with Crippen LogP contribution in [-0.4, -0.2) is 46.9 Å². The Bertz CT molecular complexity index is 949. The van der Waals surface area contributed by atoms with Crippen molar-refractivity contribution in [3.05, 3.63) is 46.7 Å². The van der Waals surface area contributed by atoms with Crippen molar-refractivity contribution >= 4 is 23.5 Å². The fourth-order valence-electron chi connectivity index (χ4n) is 2.72. The van der Waals surface area contributed by atoms with Gasteiger partial charge in [0.25, 0.3) is 0 Å². The molecule has 2 aromatic rings. The molecule has 1 aromatic carbocycles. The van der Waals surface area contributed by atoms with Crippen molar-refractivity contribution in [1.82, 2.24) is 14.9 Å². The number of halogens is 1. The van der Waals surface area contributed by atoms with Crippen molar-refractivity contribution in [3.63, 3.8) is 0 Å². The van der Waals surface area contributed by atoms with Gasteiger partial charge in [0.15, 0.2) is 11.5 Å². The Labute approximate surface area is 162 Å². The van der Waals surface area contributed by atoms with Crippen LogP contribution >= 0.6 is 11.6 Å². The minimum atomic E-state index is -0.553. The van der Waals surface area contributed by atoms with Gasteiger partial charge in [-0.25, -0.2) is 14.8 Å². The standard InChI is InChI=1S/C20H18ClN3O3/c1-3-27-20(26)16-12-17(21)23-18(22-16)15-6-4-5-13(11-15)7-8-14-9-10-24(2)19(14)25/h4-6,11-12,14H,3,9-10H2,1-2H3/t14-/m1/s1. The van der Waals surface area contributed by atoms with Crippen LogP contribution in [0.4, 0.5) is 0 Å². The highest BCUT2D eigenvalue weighted by molar-refractivity contribution is 6.29. The van der Waals surface area contributed by atoms with Crippen LogP contribution in [0, 0.1) is 17.8 Å². The average molecular weight is 384 g/mol. The van der Waals surface area contributed by atoms with Crippen molar-refractivity contribution in [2.24, 2.45) is 5.92 Å². The molecule has 1 aliphatic heterocycles. The zero-order chi connectivity index (χ0) is 19.4. The lowest BCUT2D eigenvalue weighted by Crippen LogP contribution is -2.21. The number of ether oxygens (including phenoxy) is 1. The number of likely N-dealkylation sites (tertiary alicyclic amines) is 1. The van der Waals surface area contributed by atoms with Gasteiger partial charge in [-0.05, 0) is 25.5 Å². The summed E-state index contributed by atoms with van der Waals surface area (Å²) >= 11 is 6.03. The maximum atomic E-state index is 12.0. The summed E-state index contributed by atoms with van der Waals surface area (Å²) < 4.78 is 4.97. The van der Waals surface area contributed by atoms with Gasteiger partial charge in [-0.15, -0.1) is 0 Å². The molecule has 7 heteroatoms. The van der Waals surface area contributed by atoms with E-state index in [0.717, 1.165) is 18.5 Å². The van der Waals surface area contributed by atoms with Crippen molar-refractivity contribution in [2.45, 2.75) is 13.3 Å². The number of aromatic nitrogens is 2. The number of nitrogens with zero attached hydrogens (tertiary/aromatic N) is 3. The highest BCUT2D eigenvalue weighted by Crippen LogP contribution is 2.20. The van der Waals surface area contributed by atoms with E-state index in [4.69, 9.17) is 16.3 Å². The first-order valence-corrected chi connectivity index (χ1v) is 8.94. The molecule has 138 valence electrons. The topological polar surface area (TPSA) is 72.4 Å². The Kier molecular flexibility index (Phi) is 5.72. The molecule has 0 unspecified atom stereocenters. The third-order valence-corrected chi connectivity index (χ3v) is 4.31. The molecule has 2 heterocycles. The smallest absolute Gasteiger partial charge is 0.357 e. The van der Waals surface area contributed by atoms with Gasteiger partial charge in [0, 0.05) is 30.8 Å². The zero-order valence-corrected chi connectivity index (χ0v) is 15.8. The van der Waals surface area contributed by atoms with Crippen LogP contribution in [0.3, 0.4) is 0 Å². The predicted molar refractivity (Wildman–Crippen MR) is 101 cm³/mol. The fraction of sp³-hybridized carbons (Fsp3) is 0.300. The van der Waals surface area contributed by atoms with Gasteiger partial charge in [-0.3, -0.25) is 4.79 Å². The number of rotatable bonds is 3. The average Bonchev–Trinajstić information content (AvgIpc) is 2.98. The van der Waals surface area contributed by atoms with E-state index in [9.17, 15) is 9.59 Å². The minimum absolute atomic E-state index is 0.0518. The second-order valence-electron chi connectivity index (χ2n) is 6.07. The van der Waals surface area contributed by atoms with Gasteiger partial charge in [-0.2, -0.15) is 0 Å². The number of carbonyl (C=O) groups is 2. The van der Waals surface area contributed by atoms with Crippen molar-refractivity contribution in [1.29, 1.82) is 0 Å². The van der Waals surface area contributed by atoms with Crippen LogP contribution in [0.15, 0.2) is 30.3 Å². The SMILES string of the molecule is CCOC(=O)c1cc(Cl)nc(-c2cccc(C#C[C@@H]3CCN(C)C3=O)c2)n1. The van der Waals surface area contributed by atoms with Crippen molar-refractivity contribution in [2.75, 3.05) is 20.2 Å². The number of amides is 1. The number of esters is 1. The molecule has 0 saturated carbocycles. The molecule has 27 heavy (non-hydrogen) atoms. The molecule has 1 saturated heterocycles. The summed E-state index contributed by atoms with van der Waals surface area (Å²) in [5, 5.41) is 0.152. The first-order valence-electron chi connectivity index (χ1n) is 8.56. The number of hydrogen-bond acceptors (Lipinski definition) is 5.